The summed E-state index contributed by atoms with van der Waals surface area (Å²) in [4.78, 5) is 39.0. The van der Waals surface area contributed by atoms with Gasteiger partial charge in [-0.2, -0.15) is 13.2 Å². The van der Waals surface area contributed by atoms with Gasteiger partial charge in [-0.05, 0) is 53.5 Å². The molecular formula is C26H32F3N3O7S. The lowest BCUT2D eigenvalue weighted by atomic mass is 10.00. The normalized spacial score (nSPS) is 19.8. The molecule has 1 aliphatic heterocycles. The van der Waals surface area contributed by atoms with E-state index in [1.807, 2.05) is 0 Å². The quantitative estimate of drug-likeness (QED) is 0.324. The summed E-state index contributed by atoms with van der Waals surface area (Å²) in [5.74, 6) is -0.647. The van der Waals surface area contributed by atoms with Crippen LogP contribution >= 0.6 is 11.3 Å². The van der Waals surface area contributed by atoms with Crippen LogP contribution in [0.4, 0.5) is 22.8 Å². The third-order valence-electron chi connectivity index (χ3n) is 5.40. The fourth-order valence-electron chi connectivity index (χ4n) is 3.94. The molecule has 0 saturated carbocycles. The number of hydrogen-bond acceptors (Lipinski definition) is 10. The third kappa shape index (κ3) is 8.54. The van der Waals surface area contributed by atoms with Gasteiger partial charge in [0.2, 0.25) is 5.01 Å². The molecule has 14 heteroatoms. The van der Waals surface area contributed by atoms with Crippen LogP contribution in [0.2, 0.25) is 0 Å². The predicted octanol–water partition coefficient (Wildman–Crippen LogP) is 5.64. The molecule has 0 bridgehead atoms. The number of carbonyl (C=O) groups excluding carboxylic acids is 3. The number of amides is 1. The maximum absolute atomic E-state index is 13.2. The summed E-state index contributed by atoms with van der Waals surface area (Å²) in [6, 6.07) is 5.68. The smallest absolute Gasteiger partial charge is 0.456 e. The van der Waals surface area contributed by atoms with E-state index >= 15 is 0 Å². The van der Waals surface area contributed by atoms with Gasteiger partial charge in [-0.15, -0.1) is 10.2 Å². The third-order valence-corrected chi connectivity index (χ3v) is 6.42. The second-order valence-electron chi connectivity index (χ2n) is 11.2. The highest BCUT2D eigenvalue weighted by Gasteiger charge is 2.50. The van der Waals surface area contributed by atoms with Crippen LogP contribution in [0.3, 0.4) is 0 Å². The first-order valence-electron chi connectivity index (χ1n) is 12.4. The molecule has 0 spiro atoms. The van der Waals surface area contributed by atoms with Gasteiger partial charge >= 0.3 is 24.4 Å². The minimum atomic E-state index is -4.59. The lowest BCUT2D eigenvalue weighted by Crippen LogP contribution is -2.45. The molecule has 1 aromatic carbocycles. The van der Waals surface area contributed by atoms with Crippen LogP contribution < -0.4 is 0 Å². The fourth-order valence-corrected chi connectivity index (χ4v) is 4.66. The SMILES string of the molecule is CC(=O)O[C@@H]1[C@@H](OC(=O)OC(C)(C)C)CN(C(=O)OC(C)(C)C)[C@@H]1Cc1ccc(-c2nnc(C(F)(F)F)s2)cc1. The van der Waals surface area contributed by atoms with Crippen molar-refractivity contribution < 1.29 is 46.5 Å². The first-order valence-corrected chi connectivity index (χ1v) is 13.2. The molecule has 1 saturated heterocycles. The van der Waals surface area contributed by atoms with Crippen molar-refractivity contribution in [2.45, 2.75) is 90.5 Å². The molecule has 1 fully saturated rings. The summed E-state index contributed by atoms with van der Waals surface area (Å²) < 4.78 is 60.6. The fraction of sp³-hybridized carbons (Fsp3) is 0.577. The zero-order valence-electron chi connectivity index (χ0n) is 23.2. The number of esters is 1. The van der Waals surface area contributed by atoms with Crippen molar-refractivity contribution in [1.82, 2.24) is 15.1 Å². The molecule has 1 aliphatic rings. The lowest BCUT2D eigenvalue weighted by molar-refractivity contribution is -0.153. The van der Waals surface area contributed by atoms with Gasteiger partial charge in [0.15, 0.2) is 12.2 Å². The second-order valence-corrected chi connectivity index (χ2v) is 12.2. The van der Waals surface area contributed by atoms with Crippen LogP contribution in [0.5, 0.6) is 0 Å². The Bertz CT molecular complexity index is 1220. The zero-order chi connectivity index (χ0) is 30.0. The summed E-state index contributed by atoms with van der Waals surface area (Å²) in [5, 5.41) is 5.87. The van der Waals surface area contributed by atoms with Crippen molar-refractivity contribution >= 4 is 29.6 Å². The highest BCUT2D eigenvalue weighted by Crippen LogP contribution is 2.35. The van der Waals surface area contributed by atoms with E-state index < -0.39 is 58.9 Å². The molecule has 40 heavy (non-hydrogen) atoms. The lowest BCUT2D eigenvalue weighted by Gasteiger charge is -2.30. The highest BCUT2D eigenvalue weighted by molar-refractivity contribution is 7.14. The van der Waals surface area contributed by atoms with E-state index in [0.717, 1.165) is 0 Å². The van der Waals surface area contributed by atoms with E-state index in [-0.39, 0.29) is 18.0 Å². The van der Waals surface area contributed by atoms with Crippen LogP contribution in [0, 0.1) is 0 Å². The molecule has 1 aromatic heterocycles. The van der Waals surface area contributed by atoms with Gasteiger partial charge in [0.25, 0.3) is 0 Å². The molecule has 0 N–H and O–H groups in total. The molecule has 3 rings (SSSR count). The Morgan fingerprint density at radius 3 is 2.05 bits per heavy atom. The van der Waals surface area contributed by atoms with Gasteiger partial charge in [-0.25, -0.2) is 9.59 Å². The number of hydrogen-bond donors (Lipinski definition) is 0. The summed E-state index contributed by atoms with van der Waals surface area (Å²) in [6.45, 7) is 11.2. The Hall–Kier alpha value is -3.42. The highest BCUT2D eigenvalue weighted by atomic mass is 32.1. The Morgan fingerprint density at radius 2 is 1.55 bits per heavy atom. The first kappa shape index (κ1) is 31.1. The van der Waals surface area contributed by atoms with Gasteiger partial charge < -0.3 is 18.9 Å². The Kier molecular flexibility index (Phi) is 9.02. The number of nitrogens with zero attached hydrogens (tertiary/aromatic N) is 3. The molecule has 0 radical (unpaired) electrons. The van der Waals surface area contributed by atoms with Crippen LogP contribution in [0.25, 0.3) is 10.6 Å². The van der Waals surface area contributed by atoms with Gasteiger partial charge in [0, 0.05) is 12.5 Å². The van der Waals surface area contributed by atoms with Crippen molar-refractivity contribution in [2.24, 2.45) is 0 Å². The predicted molar refractivity (Wildman–Crippen MR) is 137 cm³/mol. The molecular weight excluding hydrogens is 555 g/mol. The standard InChI is InChI=1S/C26H32F3N3O7S/c1-14(33)36-19-17(12-15-8-10-16(11-9-15)20-30-31-21(40-20)26(27,28)29)32(22(34)38-24(2,3)4)13-18(19)37-23(35)39-25(5,6)7/h8-11,17-19H,12-13H2,1-7H3/t17-,18+,19+/m1/s1. The second kappa shape index (κ2) is 11.6. The largest absolute Gasteiger partial charge is 0.509 e. The van der Waals surface area contributed by atoms with Gasteiger partial charge in [-0.1, -0.05) is 35.6 Å². The van der Waals surface area contributed by atoms with Crippen LogP contribution in [-0.4, -0.2) is 69.3 Å². The first-order chi connectivity index (χ1) is 18.3. The maximum Gasteiger partial charge on any atom is 0.509 e. The monoisotopic (exact) mass is 587 g/mol. The minimum Gasteiger partial charge on any atom is -0.456 e. The number of carbonyl (C=O) groups is 3. The summed E-state index contributed by atoms with van der Waals surface area (Å²) in [6.07, 6.45) is -8.22. The number of halogens is 3. The van der Waals surface area contributed by atoms with Crippen molar-refractivity contribution in [3.05, 3.63) is 34.8 Å². The van der Waals surface area contributed by atoms with E-state index in [1.165, 1.54) is 11.8 Å². The Morgan fingerprint density at radius 1 is 0.950 bits per heavy atom. The number of benzene rings is 1. The Balaban J connectivity index is 1.89. The average molecular weight is 588 g/mol. The summed E-state index contributed by atoms with van der Waals surface area (Å²) in [5.41, 5.74) is -0.582. The molecule has 2 heterocycles. The van der Waals surface area contributed by atoms with Gasteiger partial charge in [0.05, 0.1) is 12.6 Å². The molecule has 2 aromatic rings. The summed E-state index contributed by atoms with van der Waals surface area (Å²) >= 11 is 0.424. The molecule has 3 atom stereocenters. The number of aromatic nitrogens is 2. The maximum atomic E-state index is 13.2. The molecule has 0 aliphatic carbocycles. The van der Waals surface area contributed by atoms with E-state index in [1.54, 1.807) is 65.8 Å². The minimum absolute atomic E-state index is 0.0961. The van der Waals surface area contributed by atoms with Crippen LogP contribution in [0.15, 0.2) is 24.3 Å². The topological polar surface area (TPSA) is 117 Å². The van der Waals surface area contributed by atoms with E-state index in [4.69, 9.17) is 18.9 Å². The number of likely N-dealkylation sites (tertiary alicyclic amines) is 1. The summed E-state index contributed by atoms with van der Waals surface area (Å²) in [7, 11) is 0. The van der Waals surface area contributed by atoms with Crippen molar-refractivity contribution in [3.63, 3.8) is 0 Å². The van der Waals surface area contributed by atoms with E-state index in [0.29, 0.717) is 22.5 Å². The average Bonchev–Trinajstić information content (AvgIpc) is 3.38. The molecule has 220 valence electrons. The number of rotatable bonds is 5. The van der Waals surface area contributed by atoms with E-state index in [2.05, 4.69) is 10.2 Å². The van der Waals surface area contributed by atoms with E-state index in [9.17, 15) is 27.6 Å². The molecule has 1 amide bonds. The van der Waals surface area contributed by atoms with Crippen molar-refractivity contribution in [1.29, 1.82) is 0 Å². The number of alkyl halides is 3. The van der Waals surface area contributed by atoms with Crippen molar-refractivity contribution in [2.75, 3.05) is 6.54 Å². The molecule has 10 nitrogen and oxygen atoms in total. The van der Waals surface area contributed by atoms with Crippen LogP contribution in [-0.2, 0) is 36.3 Å². The zero-order valence-corrected chi connectivity index (χ0v) is 24.0. The van der Waals surface area contributed by atoms with Crippen molar-refractivity contribution in [3.8, 4) is 10.6 Å². The van der Waals surface area contributed by atoms with Crippen LogP contribution in [0.1, 0.15) is 59.0 Å². The number of ether oxygens (including phenoxy) is 4. The molecule has 0 unspecified atom stereocenters. The van der Waals surface area contributed by atoms with Gasteiger partial charge in [0.1, 0.15) is 16.2 Å². The Labute approximate surface area is 233 Å². The van der Waals surface area contributed by atoms with Gasteiger partial charge in [-0.3, -0.25) is 9.69 Å².